The summed E-state index contributed by atoms with van der Waals surface area (Å²) in [5.41, 5.74) is 5.30. The molecule has 0 fully saturated rings. The van der Waals surface area contributed by atoms with Gasteiger partial charge in [0.2, 0.25) is 0 Å². The van der Waals surface area contributed by atoms with Crippen molar-refractivity contribution in [3.05, 3.63) is 16.4 Å². The van der Waals surface area contributed by atoms with Crippen LogP contribution in [-0.2, 0) is 0 Å². The van der Waals surface area contributed by atoms with Gasteiger partial charge >= 0.3 is 0 Å². The summed E-state index contributed by atoms with van der Waals surface area (Å²) in [6.45, 7) is 1.37. The Morgan fingerprint density at radius 2 is 2.55 bits per heavy atom. The van der Waals surface area contributed by atoms with Crippen molar-refractivity contribution in [2.45, 2.75) is 0 Å². The molecule has 1 aromatic rings. The third kappa shape index (κ3) is 2.06. The van der Waals surface area contributed by atoms with Gasteiger partial charge in [-0.3, -0.25) is 9.17 Å². The van der Waals surface area contributed by atoms with Crippen LogP contribution in [0, 0.1) is 0 Å². The number of nitrogens with two attached hydrogens (primary N) is 1. The van der Waals surface area contributed by atoms with E-state index in [0.717, 1.165) is 11.5 Å². The molecule has 5 heteroatoms. The monoisotopic (exact) mass is 173 g/mol. The summed E-state index contributed by atoms with van der Waals surface area (Å²) >= 11 is 1.33. The van der Waals surface area contributed by atoms with Gasteiger partial charge in [-0.05, 0) is 11.5 Å². The van der Waals surface area contributed by atoms with Crippen molar-refractivity contribution in [1.82, 2.24) is 4.37 Å². The molecule has 0 bridgehead atoms. The fraction of sp³-hybridized carbons (Fsp3) is 0.500. The number of H-pyrrole nitrogens is 1. The second-order valence-corrected chi connectivity index (χ2v) is 3.09. The molecule has 0 aliphatic rings. The molecular weight excluding hydrogens is 162 g/mol. The number of nitrogens with zero attached hydrogens (tertiary/aromatic N) is 1. The van der Waals surface area contributed by atoms with Crippen molar-refractivity contribution in [2.75, 3.05) is 25.0 Å². The molecule has 0 spiro atoms. The van der Waals surface area contributed by atoms with Gasteiger partial charge in [0.1, 0.15) is 5.00 Å². The summed E-state index contributed by atoms with van der Waals surface area (Å²) in [6, 6.07) is 1.57. The van der Waals surface area contributed by atoms with Crippen molar-refractivity contribution in [1.29, 1.82) is 0 Å². The van der Waals surface area contributed by atoms with Crippen LogP contribution < -0.4 is 16.2 Å². The normalized spacial score (nSPS) is 10.0. The van der Waals surface area contributed by atoms with E-state index in [0.29, 0.717) is 6.54 Å². The molecule has 0 unspecified atom stereocenters. The Balaban J connectivity index is 2.68. The summed E-state index contributed by atoms with van der Waals surface area (Å²) in [7, 11) is 1.91. The first kappa shape index (κ1) is 8.29. The minimum absolute atomic E-state index is 0.0473. The van der Waals surface area contributed by atoms with Gasteiger partial charge in [-0.2, -0.15) is 0 Å². The molecule has 1 rings (SSSR count). The van der Waals surface area contributed by atoms with Crippen LogP contribution in [0.1, 0.15) is 0 Å². The average molecular weight is 173 g/mol. The van der Waals surface area contributed by atoms with Gasteiger partial charge in [-0.25, -0.2) is 0 Å². The predicted molar refractivity (Wildman–Crippen MR) is 47.3 cm³/mol. The highest BCUT2D eigenvalue weighted by atomic mass is 32.1. The summed E-state index contributed by atoms with van der Waals surface area (Å²) < 4.78 is 2.61. The number of likely N-dealkylation sites (N-methyl/N-ethyl adjacent to an activating group) is 1. The number of aromatic amines is 1. The van der Waals surface area contributed by atoms with Crippen LogP contribution in [0.25, 0.3) is 0 Å². The van der Waals surface area contributed by atoms with Crippen molar-refractivity contribution < 1.29 is 0 Å². The Bertz CT molecular complexity index is 267. The zero-order chi connectivity index (χ0) is 8.27. The van der Waals surface area contributed by atoms with E-state index >= 15 is 0 Å². The lowest BCUT2D eigenvalue weighted by molar-refractivity contribution is 0.893. The van der Waals surface area contributed by atoms with E-state index in [1.807, 2.05) is 11.9 Å². The SMILES string of the molecule is CN(CCN)c1cc(=O)[nH]s1. The molecule has 0 saturated carbocycles. The first-order valence-electron chi connectivity index (χ1n) is 3.34. The van der Waals surface area contributed by atoms with Crippen LogP contribution in [0.2, 0.25) is 0 Å². The van der Waals surface area contributed by atoms with Crippen LogP contribution in [0.4, 0.5) is 5.00 Å². The number of hydrogen-bond acceptors (Lipinski definition) is 4. The van der Waals surface area contributed by atoms with Gasteiger partial charge in [-0.1, -0.05) is 0 Å². The highest BCUT2D eigenvalue weighted by Crippen LogP contribution is 2.12. The molecular formula is C6H11N3OS. The number of aromatic nitrogens is 1. The van der Waals surface area contributed by atoms with Crippen LogP contribution >= 0.6 is 11.5 Å². The Morgan fingerprint density at radius 3 is 3.00 bits per heavy atom. The first-order chi connectivity index (χ1) is 5.24. The molecule has 0 aliphatic heterocycles. The zero-order valence-electron chi connectivity index (χ0n) is 6.33. The van der Waals surface area contributed by atoms with Gasteiger partial charge in [0, 0.05) is 26.2 Å². The molecule has 3 N–H and O–H groups in total. The Hall–Kier alpha value is -0.810. The van der Waals surface area contributed by atoms with Gasteiger partial charge in [0.05, 0.1) is 0 Å². The molecule has 0 radical (unpaired) electrons. The van der Waals surface area contributed by atoms with Crippen LogP contribution in [0.5, 0.6) is 0 Å². The highest BCUT2D eigenvalue weighted by molar-refractivity contribution is 7.10. The van der Waals surface area contributed by atoms with Crippen LogP contribution in [0.3, 0.4) is 0 Å². The lowest BCUT2D eigenvalue weighted by Gasteiger charge is -2.13. The lowest BCUT2D eigenvalue weighted by Crippen LogP contribution is -2.24. The summed E-state index contributed by atoms with van der Waals surface area (Å²) in [5.74, 6) is 0. The quantitative estimate of drug-likeness (QED) is 0.667. The lowest BCUT2D eigenvalue weighted by atomic mass is 10.5. The number of hydrogen-bond donors (Lipinski definition) is 2. The van der Waals surface area contributed by atoms with Gasteiger partial charge < -0.3 is 10.6 Å². The maximum atomic E-state index is 10.7. The Labute approximate surface area is 68.8 Å². The molecule has 4 nitrogen and oxygen atoms in total. The van der Waals surface area contributed by atoms with E-state index in [2.05, 4.69) is 4.37 Å². The summed E-state index contributed by atoms with van der Waals surface area (Å²) in [6.07, 6.45) is 0. The Kier molecular flexibility index (Phi) is 2.67. The van der Waals surface area contributed by atoms with E-state index in [4.69, 9.17) is 5.73 Å². The number of nitrogens with one attached hydrogen (secondary N) is 1. The summed E-state index contributed by atoms with van der Waals surface area (Å²) in [5, 5.41) is 0.931. The maximum absolute atomic E-state index is 10.7. The smallest absolute Gasteiger partial charge is 0.260 e. The second kappa shape index (κ2) is 3.54. The standard InChI is InChI=1S/C6H11N3OS/c1-9(3-2-7)6-4-5(10)8-11-6/h4H,2-3,7H2,1H3,(H,8,10). The maximum Gasteiger partial charge on any atom is 0.260 e. The highest BCUT2D eigenvalue weighted by Gasteiger charge is 2.01. The van der Waals surface area contributed by atoms with Gasteiger partial charge in [0.25, 0.3) is 5.56 Å². The largest absolute Gasteiger partial charge is 0.364 e. The molecule has 0 atom stereocenters. The molecule has 1 heterocycles. The fourth-order valence-corrected chi connectivity index (χ4v) is 1.44. The second-order valence-electron chi connectivity index (χ2n) is 2.26. The molecule has 0 saturated heterocycles. The molecule has 0 aliphatic carbocycles. The fourth-order valence-electron chi connectivity index (χ4n) is 0.766. The van der Waals surface area contributed by atoms with Gasteiger partial charge in [-0.15, -0.1) is 0 Å². The topological polar surface area (TPSA) is 62.1 Å². The molecule has 0 aromatic carbocycles. The Morgan fingerprint density at radius 1 is 1.82 bits per heavy atom. The summed E-state index contributed by atoms with van der Waals surface area (Å²) in [4.78, 5) is 12.6. The third-order valence-corrected chi connectivity index (χ3v) is 2.29. The minimum Gasteiger partial charge on any atom is -0.364 e. The molecule has 1 aromatic heterocycles. The van der Waals surface area contributed by atoms with Crippen molar-refractivity contribution in [2.24, 2.45) is 5.73 Å². The van der Waals surface area contributed by atoms with Crippen molar-refractivity contribution in [3.63, 3.8) is 0 Å². The van der Waals surface area contributed by atoms with E-state index in [1.165, 1.54) is 11.5 Å². The predicted octanol–water partition coefficient (Wildman–Crippen LogP) is -0.169. The van der Waals surface area contributed by atoms with E-state index < -0.39 is 0 Å². The average Bonchev–Trinajstić information content (AvgIpc) is 2.36. The molecule has 11 heavy (non-hydrogen) atoms. The van der Waals surface area contributed by atoms with Crippen LogP contribution in [-0.4, -0.2) is 24.5 Å². The molecule has 0 amide bonds. The third-order valence-electron chi connectivity index (χ3n) is 1.35. The number of anilines is 1. The van der Waals surface area contributed by atoms with Crippen molar-refractivity contribution in [3.8, 4) is 0 Å². The van der Waals surface area contributed by atoms with E-state index in [9.17, 15) is 4.79 Å². The van der Waals surface area contributed by atoms with Crippen molar-refractivity contribution >= 4 is 16.5 Å². The molecule has 62 valence electrons. The zero-order valence-corrected chi connectivity index (χ0v) is 7.15. The van der Waals surface area contributed by atoms with E-state index in [-0.39, 0.29) is 5.56 Å². The number of rotatable bonds is 3. The minimum atomic E-state index is -0.0473. The van der Waals surface area contributed by atoms with E-state index in [1.54, 1.807) is 6.07 Å². The van der Waals surface area contributed by atoms with Crippen LogP contribution in [0.15, 0.2) is 10.9 Å². The van der Waals surface area contributed by atoms with Gasteiger partial charge in [0.15, 0.2) is 0 Å². The first-order valence-corrected chi connectivity index (χ1v) is 4.15.